The van der Waals surface area contributed by atoms with Crippen LogP contribution in [0.2, 0.25) is 0 Å². The van der Waals surface area contributed by atoms with E-state index in [0.717, 1.165) is 10.8 Å². The van der Waals surface area contributed by atoms with Crippen molar-refractivity contribution >= 4 is 15.8 Å². The molecule has 11 heavy (non-hydrogen) atoms. The normalized spacial score (nSPS) is 19.5. The van der Waals surface area contributed by atoms with Crippen molar-refractivity contribution in [2.24, 2.45) is 0 Å². The Morgan fingerprint density at radius 3 is 2.55 bits per heavy atom. The molecule has 0 radical (unpaired) electrons. The number of carbonyl (C=O) groups excluding carboxylic acids is 1. The van der Waals surface area contributed by atoms with Crippen LogP contribution >= 0.6 is 0 Å². The molecule has 0 aromatic rings. The van der Waals surface area contributed by atoms with Gasteiger partial charge in [0.15, 0.2) is 9.84 Å². The standard InChI is InChI=1S/C6H6O4S/c1-10-6(7)5-2-3-11(8,9)4-5/h2-4H,1H3. The maximum atomic E-state index is 10.7. The Morgan fingerprint density at radius 2 is 2.18 bits per heavy atom. The van der Waals surface area contributed by atoms with Crippen molar-refractivity contribution in [3.63, 3.8) is 0 Å². The third-order valence-corrected chi connectivity index (χ3v) is 2.25. The minimum Gasteiger partial charge on any atom is -0.465 e. The SMILES string of the molecule is COC(=O)C1=CS(=O)(=O)C=C1. The lowest BCUT2D eigenvalue weighted by molar-refractivity contribution is -0.135. The predicted octanol–water partition coefficient (Wildman–Crippen LogP) is -0.0146. The summed E-state index contributed by atoms with van der Waals surface area (Å²) in [5.74, 6) is -0.637. The van der Waals surface area contributed by atoms with Crippen LogP contribution in [0.15, 0.2) is 22.5 Å². The second kappa shape index (κ2) is 2.50. The van der Waals surface area contributed by atoms with Crippen molar-refractivity contribution in [1.82, 2.24) is 0 Å². The second-order valence-corrected chi connectivity index (χ2v) is 3.64. The van der Waals surface area contributed by atoms with Gasteiger partial charge in [0.1, 0.15) is 0 Å². The molecule has 0 aromatic carbocycles. The fourth-order valence-corrected chi connectivity index (χ4v) is 1.60. The minimum atomic E-state index is -3.29. The van der Waals surface area contributed by atoms with Gasteiger partial charge in [-0.25, -0.2) is 13.2 Å². The van der Waals surface area contributed by atoms with Crippen LogP contribution in [0, 0.1) is 0 Å². The molecule has 1 heterocycles. The van der Waals surface area contributed by atoms with E-state index in [2.05, 4.69) is 4.74 Å². The molecule has 0 amide bonds. The predicted molar refractivity (Wildman–Crippen MR) is 38.2 cm³/mol. The van der Waals surface area contributed by atoms with Crippen LogP contribution in [-0.2, 0) is 19.4 Å². The van der Waals surface area contributed by atoms with E-state index in [1.807, 2.05) is 0 Å². The molecule has 1 aliphatic heterocycles. The summed E-state index contributed by atoms with van der Waals surface area (Å²) in [6.07, 6.45) is 1.21. The molecule has 0 fully saturated rings. The monoisotopic (exact) mass is 174 g/mol. The molecule has 0 aromatic heterocycles. The Hall–Kier alpha value is -1.10. The van der Waals surface area contributed by atoms with Crippen LogP contribution < -0.4 is 0 Å². The molecule has 0 atom stereocenters. The number of hydrogen-bond donors (Lipinski definition) is 0. The quantitative estimate of drug-likeness (QED) is 0.524. The topological polar surface area (TPSA) is 60.4 Å². The summed E-state index contributed by atoms with van der Waals surface area (Å²) >= 11 is 0. The van der Waals surface area contributed by atoms with Crippen molar-refractivity contribution < 1.29 is 17.9 Å². The number of hydrogen-bond acceptors (Lipinski definition) is 4. The van der Waals surface area contributed by atoms with Gasteiger partial charge in [-0.2, -0.15) is 0 Å². The summed E-state index contributed by atoms with van der Waals surface area (Å²) in [6, 6.07) is 0. The van der Waals surface area contributed by atoms with Crippen LogP contribution in [0.4, 0.5) is 0 Å². The van der Waals surface area contributed by atoms with Crippen LogP contribution in [-0.4, -0.2) is 21.5 Å². The first-order valence-electron chi connectivity index (χ1n) is 2.78. The third-order valence-electron chi connectivity index (χ3n) is 1.15. The maximum Gasteiger partial charge on any atom is 0.338 e. The molecule has 0 aliphatic carbocycles. The van der Waals surface area contributed by atoms with E-state index in [1.165, 1.54) is 13.2 Å². The molecule has 4 nitrogen and oxygen atoms in total. The summed E-state index contributed by atoms with van der Waals surface area (Å²) in [4.78, 5) is 10.7. The molecule has 0 unspecified atom stereocenters. The van der Waals surface area contributed by atoms with Gasteiger partial charge in [-0.05, 0) is 6.08 Å². The largest absolute Gasteiger partial charge is 0.465 e. The molecular formula is C6H6O4S. The Balaban J connectivity index is 2.98. The molecule has 5 heteroatoms. The molecule has 0 saturated carbocycles. The second-order valence-electron chi connectivity index (χ2n) is 1.96. The Morgan fingerprint density at radius 1 is 1.55 bits per heavy atom. The van der Waals surface area contributed by atoms with Crippen molar-refractivity contribution in [3.05, 3.63) is 22.5 Å². The number of methoxy groups -OCH3 is 1. The third kappa shape index (κ3) is 1.68. The fourth-order valence-electron chi connectivity index (χ4n) is 0.658. The first-order valence-corrected chi connectivity index (χ1v) is 4.39. The van der Waals surface area contributed by atoms with Crippen molar-refractivity contribution in [2.45, 2.75) is 0 Å². The van der Waals surface area contributed by atoms with Crippen molar-refractivity contribution in [1.29, 1.82) is 0 Å². The van der Waals surface area contributed by atoms with Gasteiger partial charge in [0.05, 0.1) is 12.7 Å². The van der Waals surface area contributed by atoms with Gasteiger partial charge >= 0.3 is 5.97 Å². The van der Waals surface area contributed by atoms with Gasteiger partial charge in [-0.3, -0.25) is 0 Å². The zero-order chi connectivity index (χ0) is 8.48. The van der Waals surface area contributed by atoms with Gasteiger partial charge in [0.25, 0.3) is 0 Å². The zero-order valence-corrected chi connectivity index (χ0v) is 6.59. The average Bonchev–Trinajstić information content (AvgIpc) is 2.29. The highest BCUT2D eigenvalue weighted by atomic mass is 32.2. The van der Waals surface area contributed by atoms with Gasteiger partial charge < -0.3 is 4.74 Å². The van der Waals surface area contributed by atoms with Crippen molar-refractivity contribution in [3.8, 4) is 0 Å². The van der Waals surface area contributed by atoms with E-state index in [4.69, 9.17) is 0 Å². The molecule has 0 bridgehead atoms. The fraction of sp³-hybridized carbons (Fsp3) is 0.167. The molecule has 0 saturated heterocycles. The summed E-state index contributed by atoms with van der Waals surface area (Å²) < 4.78 is 25.7. The van der Waals surface area contributed by atoms with Gasteiger partial charge in [-0.15, -0.1) is 0 Å². The van der Waals surface area contributed by atoms with Gasteiger partial charge in [0, 0.05) is 10.8 Å². The van der Waals surface area contributed by atoms with Crippen LogP contribution in [0.25, 0.3) is 0 Å². The molecule has 0 N–H and O–H groups in total. The molecule has 1 aliphatic rings. The van der Waals surface area contributed by atoms with Gasteiger partial charge in [0.2, 0.25) is 0 Å². The number of carbonyl (C=O) groups is 1. The van der Waals surface area contributed by atoms with Gasteiger partial charge in [-0.1, -0.05) is 0 Å². The highest BCUT2D eigenvalue weighted by Gasteiger charge is 2.17. The number of sulfone groups is 1. The zero-order valence-electron chi connectivity index (χ0n) is 5.77. The lowest BCUT2D eigenvalue weighted by Crippen LogP contribution is -2.01. The first kappa shape index (κ1) is 8.00. The highest BCUT2D eigenvalue weighted by Crippen LogP contribution is 2.13. The molecule has 60 valence electrons. The van der Waals surface area contributed by atoms with Crippen molar-refractivity contribution in [2.75, 3.05) is 7.11 Å². The summed E-state index contributed by atoms with van der Waals surface area (Å²) in [7, 11) is -2.10. The smallest absolute Gasteiger partial charge is 0.338 e. The van der Waals surface area contributed by atoms with E-state index in [-0.39, 0.29) is 5.57 Å². The molecule has 1 rings (SSSR count). The lowest BCUT2D eigenvalue weighted by Gasteiger charge is -1.92. The minimum absolute atomic E-state index is 0.0625. The van der Waals surface area contributed by atoms with Crippen LogP contribution in [0.3, 0.4) is 0 Å². The Bertz CT molecular complexity index is 334. The lowest BCUT2D eigenvalue weighted by atomic mass is 10.3. The number of esters is 1. The van der Waals surface area contributed by atoms with E-state index < -0.39 is 15.8 Å². The van der Waals surface area contributed by atoms with E-state index in [1.54, 1.807) is 0 Å². The summed E-state index contributed by atoms with van der Waals surface area (Å²) in [6.45, 7) is 0. The van der Waals surface area contributed by atoms with E-state index >= 15 is 0 Å². The number of ether oxygens (including phenoxy) is 1. The Kier molecular flexibility index (Phi) is 1.82. The van der Waals surface area contributed by atoms with E-state index in [9.17, 15) is 13.2 Å². The summed E-state index contributed by atoms with van der Waals surface area (Å²) in [5, 5.41) is 1.83. The van der Waals surface area contributed by atoms with E-state index in [0.29, 0.717) is 0 Å². The first-order chi connectivity index (χ1) is 5.05. The summed E-state index contributed by atoms with van der Waals surface area (Å²) in [5.41, 5.74) is 0.0625. The highest BCUT2D eigenvalue weighted by molar-refractivity contribution is 7.97. The Labute approximate surface area is 64.1 Å². The number of rotatable bonds is 1. The van der Waals surface area contributed by atoms with Crippen LogP contribution in [0.1, 0.15) is 0 Å². The molecule has 0 spiro atoms. The average molecular weight is 174 g/mol. The molecular weight excluding hydrogens is 168 g/mol. The maximum absolute atomic E-state index is 10.7. The van der Waals surface area contributed by atoms with Crippen LogP contribution in [0.5, 0.6) is 0 Å².